The average Bonchev–Trinajstić information content (AvgIpc) is 3.34. The van der Waals surface area contributed by atoms with Gasteiger partial charge in [0.25, 0.3) is 0 Å². The molecule has 0 saturated heterocycles. The van der Waals surface area contributed by atoms with E-state index in [9.17, 15) is 4.79 Å². The number of rotatable bonds is 9. The fraction of sp³-hybridized carbons (Fsp3) is 0.500. The standard InChI is InChI=1S/C18H24N4O2S2/c1-11(2)16(12-4-8-14(24-3)9-5-12)20-15(23)10-25-18-22-21-17(26-18)19-13-6-7-13/h4-5,8-9,11,13,16H,6-7,10H2,1-3H3,(H,19,21)(H,20,23). The Kier molecular flexibility index (Phi) is 6.37. The third kappa shape index (κ3) is 5.35. The summed E-state index contributed by atoms with van der Waals surface area (Å²) < 4.78 is 6.01. The van der Waals surface area contributed by atoms with Gasteiger partial charge in [0.05, 0.1) is 18.9 Å². The van der Waals surface area contributed by atoms with E-state index >= 15 is 0 Å². The minimum Gasteiger partial charge on any atom is -0.497 e. The van der Waals surface area contributed by atoms with Gasteiger partial charge in [0.15, 0.2) is 4.34 Å². The maximum atomic E-state index is 12.4. The molecule has 1 amide bonds. The quantitative estimate of drug-likeness (QED) is 0.633. The number of nitrogens with one attached hydrogen (secondary N) is 2. The normalized spacial score (nSPS) is 14.9. The summed E-state index contributed by atoms with van der Waals surface area (Å²) in [5.74, 6) is 1.42. The van der Waals surface area contributed by atoms with Crippen molar-refractivity contribution in [1.29, 1.82) is 0 Å². The van der Waals surface area contributed by atoms with Crippen molar-refractivity contribution in [3.63, 3.8) is 0 Å². The van der Waals surface area contributed by atoms with E-state index in [4.69, 9.17) is 4.74 Å². The summed E-state index contributed by atoms with van der Waals surface area (Å²) in [6.45, 7) is 4.20. The minimum absolute atomic E-state index is 0.00331. The molecule has 2 aromatic rings. The van der Waals surface area contributed by atoms with Crippen LogP contribution in [0, 0.1) is 5.92 Å². The highest BCUT2D eigenvalue weighted by Gasteiger charge is 2.23. The summed E-state index contributed by atoms with van der Waals surface area (Å²) in [7, 11) is 1.65. The van der Waals surface area contributed by atoms with Gasteiger partial charge in [-0.05, 0) is 36.5 Å². The number of thioether (sulfide) groups is 1. The van der Waals surface area contributed by atoms with Crippen molar-refractivity contribution in [2.75, 3.05) is 18.2 Å². The molecule has 0 spiro atoms. The van der Waals surface area contributed by atoms with Gasteiger partial charge < -0.3 is 15.4 Å². The van der Waals surface area contributed by atoms with Gasteiger partial charge in [-0.2, -0.15) is 0 Å². The summed E-state index contributed by atoms with van der Waals surface area (Å²) in [5.41, 5.74) is 1.07. The van der Waals surface area contributed by atoms with Gasteiger partial charge in [-0.15, -0.1) is 10.2 Å². The van der Waals surface area contributed by atoms with Crippen LogP contribution < -0.4 is 15.4 Å². The SMILES string of the molecule is COc1ccc(C(NC(=O)CSc2nnc(NC3CC3)s2)C(C)C)cc1. The Labute approximate surface area is 162 Å². The number of benzene rings is 1. The van der Waals surface area contributed by atoms with Crippen LogP contribution in [0.4, 0.5) is 5.13 Å². The zero-order chi connectivity index (χ0) is 18.5. The number of hydrogen-bond donors (Lipinski definition) is 2. The predicted octanol–water partition coefficient (Wildman–Crippen LogP) is 3.73. The summed E-state index contributed by atoms with van der Waals surface area (Å²) in [6.07, 6.45) is 2.40. The fourth-order valence-corrected chi connectivity index (χ4v) is 4.16. The zero-order valence-corrected chi connectivity index (χ0v) is 16.8. The number of anilines is 1. The van der Waals surface area contributed by atoms with Crippen LogP contribution in [-0.2, 0) is 4.79 Å². The van der Waals surface area contributed by atoms with Gasteiger partial charge in [-0.25, -0.2) is 0 Å². The number of nitrogens with zero attached hydrogens (tertiary/aromatic N) is 2. The van der Waals surface area contributed by atoms with Crippen LogP contribution in [0.1, 0.15) is 38.3 Å². The summed E-state index contributed by atoms with van der Waals surface area (Å²) in [4.78, 5) is 12.4. The summed E-state index contributed by atoms with van der Waals surface area (Å²) >= 11 is 2.93. The second kappa shape index (κ2) is 8.73. The van der Waals surface area contributed by atoms with Crippen molar-refractivity contribution >= 4 is 34.1 Å². The number of amides is 1. The van der Waals surface area contributed by atoms with Crippen molar-refractivity contribution in [2.45, 2.75) is 43.1 Å². The van der Waals surface area contributed by atoms with Crippen LogP contribution in [0.5, 0.6) is 5.75 Å². The van der Waals surface area contributed by atoms with E-state index in [2.05, 4.69) is 34.7 Å². The maximum Gasteiger partial charge on any atom is 0.230 e. The largest absolute Gasteiger partial charge is 0.497 e. The van der Waals surface area contributed by atoms with Gasteiger partial charge in [0.2, 0.25) is 11.0 Å². The molecule has 1 unspecified atom stereocenters. The number of hydrogen-bond acceptors (Lipinski definition) is 7. The first-order valence-corrected chi connectivity index (χ1v) is 10.5. The fourth-order valence-electron chi connectivity index (χ4n) is 2.52. The smallest absolute Gasteiger partial charge is 0.230 e. The molecule has 1 aromatic carbocycles. The number of carbonyl (C=O) groups excluding carboxylic acids is 1. The van der Waals surface area contributed by atoms with E-state index in [1.807, 2.05) is 24.3 Å². The van der Waals surface area contributed by atoms with Crippen LogP contribution in [0.25, 0.3) is 0 Å². The lowest BCUT2D eigenvalue weighted by molar-refractivity contribution is -0.119. The van der Waals surface area contributed by atoms with Crippen molar-refractivity contribution < 1.29 is 9.53 Å². The Morgan fingerprint density at radius 3 is 2.65 bits per heavy atom. The van der Waals surface area contributed by atoms with Crippen molar-refractivity contribution in [1.82, 2.24) is 15.5 Å². The van der Waals surface area contributed by atoms with Crippen LogP contribution in [0.2, 0.25) is 0 Å². The van der Waals surface area contributed by atoms with Gasteiger partial charge in [0.1, 0.15) is 5.75 Å². The Morgan fingerprint density at radius 1 is 1.31 bits per heavy atom. The highest BCUT2D eigenvalue weighted by Crippen LogP contribution is 2.30. The molecule has 8 heteroatoms. The van der Waals surface area contributed by atoms with Crippen molar-refractivity contribution in [3.05, 3.63) is 29.8 Å². The summed E-state index contributed by atoms with van der Waals surface area (Å²) in [5, 5.41) is 15.5. The van der Waals surface area contributed by atoms with E-state index in [0.717, 1.165) is 20.8 Å². The summed E-state index contributed by atoms with van der Waals surface area (Å²) in [6, 6.07) is 8.35. The average molecular weight is 393 g/mol. The first-order chi connectivity index (χ1) is 12.5. The molecular formula is C18H24N4O2S2. The molecule has 1 fully saturated rings. The Hall–Kier alpha value is -1.80. The van der Waals surface area contributed by atoms with Crippen molar-refractivity contribution in [2.24, 2.45) is 5.92 Å². The molecule has 0 aliphatic heterocycles. The Bertz CT molecular complexity index is 729. The molecule has 1 saturated carbocycles. The predicted molar refractivity (Wildman–Crippen MR) is 106 cm³/mol. The first-order valence-electron chi connectivity index (χ1n) is 8.71. The van der Waals surface area contributed by atoms with Crippen LogP contribution in [0.3, 0.4) is 0 Å². The van der Waals surface area contributed by atoms with Gasteiger partial charge >= 0.3 is 0 Å². The van der Waals surface area contributed by atoms with Crippen LogP contribution in [0.15, 0.2) is 28.6 Å². The van der Waals surface area contributed by atoms with E-state index < -0.39 is 0 Å². The molecule has 3 rings (SSSR count). The second-order valence-corrected chi connectivity index (χ2v) is 8.84. The molecule has 140 valence electrons. The molecule has 2 N–H and O–H groups in total. The third-order valence-corrected chi connectivity index (χ3v) is 6.08. The third-order valence-electron chi connectivity index (χ3n) is 4.10. The molecule has 1 atom stereocenters. The van der Waals surface area contributed by atoms with Crippen molar-refractivity contribution in [3.8, 4) is 5.75 Å². The van der Waals surface area contributed by atoms with Crippen LogP contribution >= 0.6 is 23.1 Å². The molecule has 0 radical (unpaired) electrons. The van der Waals surface area contributed by atoms with Gasteiger partial charge in [-0.1, -0.05) is 49.1 Å². The Morgan fingerprint density at radius 2 is 2.04 bits per heavy atom. The van der Waals surface area contributed by atoms with Gasteiger partial charge in [-0.3, -0.25) is 4.79 Å². The number of aromatic nitrogens is 2. The molecule has 1 heterocycles. The minimum atomic E-state index is -0.0319. The highest BCUT2D eigenvalue weighted by atomic mass is 32.2. The van der Waals surface area contributed by atoms with E-state index in [0.29, 0.717) is 11.8 Å². The molecule has 1 aromatic heterocycles. The molecule has 0 bridgehead atoms. The molecular weight excluding hydrogens is 368 g/mol. The lowest BCUT2D eigenvalue weighted by atomic mass is 9.96. The van der Waals surface area contributed by atoms with E-state index in [1.165, 1.54) is 35.9 Å². The van der Waals surface area contributed by atoms with E-state index in [1.54, 1.807) is 7.11 Å². The second-order valence-electron chi connectivity index (χ2n) is 6.64. The highest BCUT2D eigenvalue weighted by molar-refractivity contribution is 8.01. The lowest BCUT2D eigenvalue weighted by Gasteiger charge is -2.23. The first kappa shape index (κ1) is 19.0. The molecule has 1 aliphatic rings. The lowest BCUT2D eigenvalue weighted by Crippen LogP contribution is -2.32. The van der Waals surface area contributed by atoms with Crippen LogP contribution in [-0.4, -0.2) is 35.0 Å². The van der Waals surface area contributed by atoms with E-state index in [-0.39, 0.29) is 17.9 Å². The number of carbonyl (C=O) groups is 1. The number of methoxy groups -OCH3 is 1. The molecule has 1 aliphatic carbocycles. The Balaban J connectivity index is 1.52. The molecule has 26 heavy (non-hydrogen) atoms. The molecule has 6 nitrogen and oxygen atoms in total. The number of ether oxygens (including phenoxy) is 1. The van der Waals surface area contributed by atoms with Gasteiger partial charge in [0, 0.05) is 6.04 Å². The monoisotopic (exact) mass is 392 g/mol. The topological polar surface area (TPSA) is 76.1 Å². The maximum absolute atomic E-state index is 12.4. The zero-order valence-electron chi connectivity index (χ0n) is 15.2.